The minimum atomic E-state index is -5.09. The van der Waals surface area contributed by atoms with E-state index in [0.29, 0.717) is 58.6 Å². The Kier molecular flexibility index (Phi) is 15.5. The van der Waals surface area contributed by atoms with Crippen LogP contribution in [0.3, 0.4) is 0 Å². The molecule has 0 spiro atoms. The van der Waals surface area contributed by atoms with Crippen LogP contribution in [0, 0.1) is 11.5 Å². The molecule has 2 aliphatic rings. The third kappa shape index (κ3) is 11.6. The van der Waals surface area contributed by atoms with E-state index >= 15 is 0 Å². The zero-order valence-electron chi connectivity index (χ0n) is 29.9. The molecule has 0 saturated carbocycles. The molecule has 0 atom stereocenters. The third-order valence-corrected chi connectivity index (χ3v) is 9.53. The van der Waals surface area contributed by atoms with Gasteiger partial charge in [-0.3, -0.25) is 5.32 Å². The number of ether oxygens (including phenoxy) is 2. The third-order valence-electron chi connectivity index (χ3n) is 7.75. The molecule has 278 valence electrons. The zero-order valence-corrected chi connectivity index (χ0v) is 35.5. The SMILES string of the molecule is CNc1nc(Nc2ccc(/C=C/c3ccc(Nc4nc(NC#N)nc(N5CCOCC5)n4)cc3S(=O)(=O)[O-])c(S(=O)(=O)[O-])c2)nc(N2CCOCC2)n1.[Na+].[Na+]. The molecule has 4 aromatic rings. The average Bonchev–Trinajstić information content (AvgIpc) is 3.14. The van der Waals surface area contributed by atoms with Crippen molar-refractivity contribution in [2.24, 2.45) is 0 Å². The van der Waals surface area contributed by atoms with E-state index < -0.39 is 30.0 Å². The van der Waals surface area contributed by atoms with Gasteiger partial charge in [0, 0.05) is 44.6 Å². The first-order valence-corrected chi connectivity index (χ1v) is 18.6. The normalized spacial score (nSPS) is 14.7. The van der Waals surface area contributed by atoms with Crippen molar-refractivity contribution in [3.05, 3.63) is 47.5 Å². The van der Waals surface area contributed by atoms with Gasteiger partial charge in [0.25, 0.3) is 0 Å². The van der Waals surface area contributed by atoms with Crippen LogP contribution in [-0.4, -0.2) is 115 Å². The molecule has 2 saturated heterocycles. The summed E-state index contributed by atoms with van der Waals surface area (Å²) in [5.74, 6) is 0.809. The van der Waals surface area contributed by atoms with Gasteiger partial charge in [-0.15, -0.1) is 0 Å². The number of anilines is 8. The zero-order chi connectivity index (χ0) is 37.6. The minimum Gasteiger partial charge on any atom is -0.744 e. The van der Waals surface area contributed by atoms with E-state index in [9.17, 15) is 25.9 Å². The van der Waals surface area contributed by atoms with Gasteiger partial charge < -0.3 is 44.3 Å². The van der Waals surface area contributed by atoms with Gasteiger partial charge >= 0.3 is 59.1 Å². The largest absolute Gasteiger partial charge is 1.00 e. The molecule has 4 N–H and O–H groups in total. The van der Waals surface area contributed by atoms with Gasteiger partial charge in [-0.2, -0.15) is 35.2 Å². The van der Waals surface area contributed by atoms with Crippen LogP contribution in [0.25, 0.3) is 12.2 Å². The van der Waals surface area contributed by atoms with Crippen LogP contribution >= 0.6 is 0 Å². The second-order valence-electron chi connectivity index (χ2n) is 11.2. The van der Waals surface area contributed by atoms with Crippen LogP contribution in [0.4, 0.5) is 47.1 Å². The van der Waals surface area contributed by atoms with Gasteiger partial charge in [-0.1, -0.05) is 24.3 Å². The molecule has 0 aliphatic carbocycles. The van der Waals surface area contributed by atoms with Gasteiger partial charge in [-0.25, -0.2) is 16.8 Å². The standard InChI is InChI=1S/C30H33N13O8S2.2Na/c1-32-25-36-27(40-29(38-25)42-8-12-50-13-9-42)34-21-6-4-19(23(16-21)52(44,45)46)2-3-20-5-7-22(17-24(20)53(47,48)49)35-28-37-26(33-18-31)39-30(41-28)43-10-14-51-15-11-43;;/h2-7,16-17H,8-15H2,1H3,(H,44,45,46)(H,47,48,49)(H2,32,34,36,38,40)(H2,33,35,37,39,41);;/q;2*+1/p-2/b3-2+;;. The fourth-order valence-electron chi connectivity index (χ4n) is 5.24. The van der Waals surface area contributed by atoms with Crippen molar-refractivity contribution in [3.8, 4) is 6.19 Å². The minimum absolute atomic E-state index is 0. The number of nitriles is 1. The van der Waals surface area contributed by atoms with Crippen LogP contribution in [0.15, 0.2) is 46.2 Å². The molecule has 21 nitrogen and oxygen atoms in total. The summed E-state index contributed by atoms with van der Waals surface area (Å²) in [6, 6.07) is 7.67. The van der Waals surface area contributed by atoms with Gasteiger partial charge in [0.05, 0.1) is 36.2 Å². The maximum atomic E-state index is 12.4. The summed E-state index contributed by atoms with van der Waals surface area (Å²) < 4.78 is 85.0. The number of aromatic nitrogens is 6. The summed E-state index contributed by atoms with van der Waals surface area (Å²) in [6.45, 7) is 3.93. The first-order valence-electron chi connectivity index (χ1n) is 15.8. The smallest absolute Gasteiger partial charge is 0.744 e. The van der Waals surface area contributed by atoms with E-state index in [1.54, 1.807) is 13.2 Å². The fraction of sp³-hybridized carbons (Fsp3) is 0.300. The second kappa shape index (κ2) is 19.4. The van der Waals surface area contributed by atoms with Gasteiger partial charge in [0.2, 0.25) is 35.7 Å². The van der Waals surface area contributed by atoms with Crippen LogP contribution in [-0.2, 0) is 29.7 Å². The van der Waals surface area contributed by atoms with Crippen molar-refractivity contribution in [2.75, 3.05) is 90.7 Å². The van der Waals surface area contributed by atoms with Crippen LogP contribution in [0.5, 0.6) is 0 Å². The first-order chi connectivity index (χ1) is 25.4. The molecular formula is C30H31N13Na2O8S2. The molecular weight excluding hydrogens is 781 g/mol. The Morgan fingerprint density at radius 2 is 1.07 bits per heavy atom. The molecule has 0 amide bonds. The Labute approximate surface area is 360 Å². The Morgan fingerprint density at radius 3 is 1.47 bits per heavy atom. The molecule has 0 radical (unpaired) electrons. The van der Waals surface area contributed by atoms with E-state index in [4.69, 9.17) is 14.7 Å². The summed E-state index contributed by atoms with van der Waals surface area (Å²) in [4.78, 5) is 28.2. The maximum absolute atomic E-state index is 12.4. The van der Waals surface area contributed by atoms with E-state index in [1.165, 1.54) is 36.4 Å². The van der Waals surface area contributed by atoms with E-state index in [1.807, 2.05) is 9.80 Å². The van der Waals surface area contributed by atoms with Crippen LogP contribution in [0.1, 0.15) is 11.1 Å². The number of benzene rings is 2. The van der Waals surface area contributed by atoms with Gasteiger partial charge in [-0.05, 0) is 35.4 Å². The van der Waals surface area contributed by atoms with E-state index in [0.717, 1.165) is 12.1 Å². The Hall–Kier alpha value is -3.77. The topological polar surface area (TPSA) is 289 Å². The van der Waals surface area contributed by atoms with Crippen molar-refractivity contribution >= 4 is 79.5 Å². The van der Waals surface area contributed by atoms with Gasteiger partial charge in [0.15, 0.2) is 6.19 Å². The molecule has 0 unspecified atom stereocenters. The Balaban J connectivity index is 0.00000336. The van der Waals surface area contributed by atoms with Crippen LogP contribution in [0.2, 0.25) is 0 Å². The quantitative estimate of drug-likeness (QED) is 0.0343. The molecule has 6 rings (SSSR count). The van der Waals surface area contributed by atoms with E-state index in [2.05, 4.69) is 51.2 Å². The maximum Gasteiger partial charge on any atom is 1.00 e. The molecule has 25 heteroatoms. The summed E-state index contributed by atoms with van der Waals surface area (Å²) in [5.41, 5.74) is 0.0902. The predicted molar refractivity (Wildman–Crippen MR) is 189 cm³/mol. The molecule has 55 heavy (non-hydrogen) atoms. The average molecular weight is 812 g/mol. The van der Waals surface area contributed by atoms with Crippen molar-refractivity contribution in [1.29, 1.82) is 5.26 Å². The fourth-order valence-corrected chi connectivity index (χ4v) is 6.63. The van der Waals surface area contributed by atoms with Gasteiger partial charge in [0.1, 0.15) is 20.2 Å². The summed E-state index contributed by atoms with van der Waals surface area (Å²) in [7, 11) is -8.53. The second-order valence-corrected chi connectivity index (χ2v) is 13.9. The van der Waals surface area contributed by atoms with Crippen molar-refractivity contribution in [1.82, 2.24) is 29.9 Å². The summed E-state index contributed by atoms with van der Waals surface area (Å²) >= 11 is 0. The van der Waals surface area contributed by atoms with Crippen molar-refractivity contribution in [3.63, 3.8) is 0 Å². The Morgan fingerprint density at radius 1 is 0.673 bits per heavy atom. The first kappa shape index (κ1) is 44.0. The number of hydrogen-bond acceptors (Lipinski definition) is 21. The summed E-state index contributed by atoms with van der Waals surface area (Å²) in [6.07, 6.45) is 4.13. The molecule has 4 heterocycles. The number of nitrogens with zero attached hydrogens (tertiary/aromatic N) is 9. The number of morpholine rings is 2. The van der Waals surface area contributed by atoms with Crippen molar-refractivity contribution < 1.29 is 94.5 Å². The molecule has 0 bridgehead atoms. The monoisotopic (exact) mass is 811 g/mol. The molecule has 2 aromatic heterocycles. The molecule has 2 aliphatic heterocycles. The molecule has 2 fully saturated rings. The van der Waals surface area contributed by atoms with E-state index in [-0.39, 0.29) is 111 Å². The Bertz CT molecular complexity index is 2290. The number of nitrogens with one attached hydrogen (secondary N) is 4. The predicted octanol–water partition coefficient (Wildman–Crippen LogP) is -4.86. The number of hydrogen-bond donors (Lipinski definition) is 4. The van der Waals surface area contributed by atoms with Crippen LogP contribution < -0.4 is 90.2 Å². The number of rotatable bonds is 12. The summed E-state index contributed by atoms with van der Waals surface area (Å²) in [5, 5.41) is 20.0. The van der Waals surface area contributed by atoms with Crippen molar-refractivity contribution in [2.45, 2.75) is 9.79 Å². The molecule has 2 aromatic carbocycles.